The van der Waals surface area contributed by atoms with Gasteiger partial charge in [0.1, 0.15) is 0 Å². The largest absolute Gasteiger partial charge is 0.344 e. The fourth-order valence-electron chi connectivity index (χ4n) is 2.92. The van der Waals surface area contributed by atoms with Gasteiger partial charge in [0.2, 0.25) is 0 Å². The molecule has 124 valence electrons. The Morgan fingerprint density at radius 3 is 2.38 bits per heavy atom. The Bertz CT molecular complexity index is 1010. The van der Waals surface area contributed by atoms with Crippen LogP contribution in [-0.4, -0.2) is 19.2 Å². The van der Waals surface area contributed by atoms with Crippen LogP contribution in [-0.2, 0) is 16.6 Å². The van der Waals surface area contributed by atoms with Gasteiger partial charge in [0.05, 0.1) is 11.1 Å². The maximum Gasteiger partial charge on any atom is 0.282 e. The van der Waals surface area contributed by atoms with E-state index >= 15 is 0 Å². The van der Waals surface area contributed by atoms with Crippen molar-refractivity contribution in [2.75, 3.05) is 0 Å². The zero-order valence-electron chi connectivity index (χ0n) is 14.0. The predicted molar refractivity (Wildman–Crippen MR) is 98.3 cm³/mol. The smallest absolute Gasteiger partial charge is 0.282 e. The van der Waals surface area contributed by atoms with Crippen LogP contribution in [0.1, 0.15) is 23.7 Å². The maximum atomic E-state index is 12.4. The highest BCUT2D eigenvalue weighted by Crippen LogP contribution is 2.25. The summed E-state index contributed by atoms with van der Waals surface area (Å²) in [6.45, 7) is 6.81. The number of rotatable bonds is 4. The summed E-state index contributed by atoms with van der Waals surface area (Å²) in [4.78, 5) is 0.209. The summed E-state index contributed by atoms with van der Waals surface area (Å²) in [5.74, 6) is 0. The molecule has 0 bridgehead atoms. The van der Waals surface area contributed by atoms with Crippen molar-refractivity contribution in [3.05, 3.63) is 65.4 Å². The third kappa shape index (κ3) is 2.87. The summed E-state index contributed by atoms with van der Waals surface area (Å²) >= 11 is 0. The van der Waals surface area contributed by atoms with Gasteiger partial charge in [0.25, 0.3) is 10.0 Å². The molecule has 0 spiro atoms. The quantitative estimate of drug-likeness (QED) is 0.672. The molecule has 0 saturated carbocycles. The van der Waals surface area contributed by atoms with Crippen LogP contribution in [0.5, 0.6) is 0 Å². The van der Waals surface area contributed by atoms with Gasteiger partial charge in [0, 0.05) is 28.7 Å². The first-order chi connectivity index (χ1) is 11.4. The molecule has 0 aliphatic carbocycles. The molecule has 1 heterocycles. The molecule has 2 aromatic carbocycles. The minimum absolute atomic E-state index is 0.209. The van der Waals surface area contributed by atoms with E-state index in [1.54, 1.807) is 24.3 Å². The average molecular weight is 340 g/mol. The van der Waals surface area contributed by atoms with E-state index in [-0.39, 0.29) is 4.90 Å². The second-order valence-electron chi connectivity index (χ2n) is 5.78. The summed E-state index contributed by atoms with van der Waals surface area (Å²) < 4.78 is 31.0. The monoisotopic (exact) mass is 340 g/mol. The van der Waals surface area contributed by atoms with Crippen LogP contribution in [0.2, 0.25) is 0 Å². The molecular weight excluding hydrogens is 320 g/mol. The zero-order chi connectivity index (χ0) is 17.3. The van der Waals surface area contributed by atoms with Gasteiger partial charge in [-0.05, 0) is 39.0 Å². The summed E-state index contributed by atoms with van der Waals surface area (Å²) in [7, 11) is -3.70. The highest BCUT2D eigenvalue weighted by atomic mass is 32.2. The molecule has 0 saturated heterocycles. The molecule has 0 radical (unpaired) electrons. The van der Waals surface area contributed by atoms with Crippen LogP contribution in [0.3, 0.4) is 0 Å². The second kappa shape index (κ2) is 6.24. The molecular formula is C19H20N2O2S. The van der Waals surface area contributed by atoms with Crippen LogP contribution >= 0.6 is 0 Å². The summed E-state index contributed by atoms with van der Waals surface area (Å²) in [6.07, 6.45) is 1.47. The van der Waals surface area contributed by atoms with E-state index in [0.717, 1.165) is 34.3 Å². The molecule has 3 rings (SSSR count). The summed E-state index contributed by atoms with van der Waals surface area (Å²) in [6, 6.07) is 14.7. The highest BCUT2D eigenvalue weighted by molar-refractivity contribution is 7.90. The molecule has 5 heteroatoms. The van der Waals surface area contributed by atoms with Crippen molar-refractivity contribution in [3.8, 4) is 0 Å². The number of benzene rings is 2. The molecule has 0 N–H and O–H groups in total. The van der Waals surface area contributed by atoms with E-state index in [1.807, 2.05) is 38.1 Å². The Morgan fingerprint density at radius 2 is 1.71 bits per heavy atom. The minimum atomic E-state index is -3.70. The number of sulfonamides is 1. The Hall–Kier alpha value is -2.40. The van der Waals surface area contributed by atoms with E-state index in [0.29, 0.717) is 0 Å². The molecule has 4 nitrogen and oxygen atoms in total. The van der Waals surface area contributed by atoms with Crippen LogP contribution < -0.4 is 0 Å². The SMILES string of the molecule is CCn1c(C)c(/C=N\S(=O)(=O)c2ccc(C)cc2)c2ccccc21. The standard InChI is InChI=1S/C19H20N2O2S/c1-4-21-15(3)18(17-7-5-6-8-19(17)21)13-20-24(22,23)16-11-9-14(2)10-12-16/h5-13H,4H2,1-3H3/b20-13-. The van der Waals surface area contributed by atoms with Gasteiger partial charge >= 0.3 is 0 Å². The Morgan fingerprint density at radius 1 is 1.04 bits per heavy atom. The normalized spacial score (nSPS) is 12.3. The van der Waals surface area contributed by atoms with E-state index in [9.17, 15) is 8.42 Å². The van der Waals surface area contributed by atoms with Gasteiger partial charge in [-0.15, -0.1) is 0 Å². The zero-order valence-corrected chi connectivity index (χ0v) is 14.8. The summed E-state index contributed by atoms with van der Waals surface area (Å²) in [5.41, 5.74) is 3.97. The third-order valence-electron chi connectivity index (χ3n) is 4.24. The van der Waals surface area contributed by atoms with Crippen molar-refractivity contribution in [2.24, 2.45) is 4.40 Å². The number of hydrogen-bond acceptors (Lipinski definition) is 2. The number of fused-ring (bicyclic) bond motifs is 1. The number of aromatic nitrogens is 1. The molecule has 0 unspecified atom stereocenters. The lowest BCUT2D eigenvalue weighted by atomic mass is 10.1. The highest BCUT2D eigenvalue weighted by Gasteiger charge is 2.14. The van der Waals surface area contributed by atoms with Crippen molar-refractivity contribution in [2.45, 2.75) is 32.2 Å². The fourth-order valence-corrected chi connectivity index (χ4v) is 3.77. The van der Waals surface area contributed by atoms with Gasteiger partial charge in [-0.3, -0.25) is 0 Å². The first kappa shape index (κ1) is 16.5. The minimum Gasteiger partial charge on any atom is -0.344 e. The Balaban J connectivity index is 2.08. The van der Waals surface area contributed by atoms with E-state index in [2.05, 4.69) is 15.9 Å². The topological polar surface area (TPSA) is 51.4 Å². The molecule has 3 aromatic rings. The summed E-state index contributed by atoms with van der Waals surface area (Å²) in [5, 5.41) is 1.01. The molecule has 0 aliphatic heterocycles. The van der Waals surface area contributed by atoms with Gasteiger partial charge in [0.15, 0.2) is 0 Å². The number of para-hydroxylation sites is 1. The molecule has 1 aromatic heterocycles. The number of nitrogens with zero attached hydrogens (tertiary/aromatic N) is 2. The first-order valence-corrected chi connectivity index (χ1v) is 9.33. The Labute approximate surface area is 142 Å². The van der Waals surface area contributed by atoms with Gasteiger partial charge in [-0.2, -0.15) is 12.8 Å². The van der Waals surface area contributed by atoms with Gasteiger partial charge in [-0.25, -0.2) is 0 Å². The third-order valence-corrected chi connectivity index (χ3v) is 5.49. The fraction of sp³-hybridized carbons (Fsp3) is 0.211. The molecule has 0 amide bonds. The van der Waals surface area contributed by atoms with Crippen LogP contribution in [0, 0.1) is 13.8 Å². The predicted octanol–water partition coefficient (Wildman–Crippen LogP) is 4.09. The lowest BCUT2D eigenvalue weighted by Gasteiger charge is -2.03. The lowest BCUT2D eigenvalue weighted by molar-refractivity contribution is 0.598. The van der Waals surface area contributed by atoms with Gasteiger partial charge < -0.3 is 4.57 Å². The van der Waals surface area contributed by atoms with Crippen molar-refractivity contribution >= 4 is 27.1 Å². The molecule has 24 heavy (non-hydrogen) atoms. The van der Waals surface area contributed by atoms with Crippen molar-refractivity contribution in [1.82, 2.24) is 4.57 Å². The maximum absolute atomic E-state index is 12.4. The van der Waals surface area contributed by atoms with E-state index in [4.69, 9.17) is 0 Å². The molecule has 0 aliphatic rings. The Kier molecular flexibility index (Phi) is 4.28. The lowest BCUT2D eigenvalue weighted by Crippen LogP contribution is -1.99. The van der Waals surface area contributed by atoms with Crippen LogP contribution in [0.25, 0.3) is 10.9 Å². The van der Waals surface area contributed by atoms with Crippen LogP contribution in [0.15, 0.2) is 57.8 Å². The van der Waals surface area contributed by atoms with E-state index < -0.39 is 10.0 Å². The number of hydrogen-bond donors (Lipinski definition) is 0. The molecule has 0 fully saturated rings. The van der Waals surface area contributed by atoms with Crippen molar-refractivity contribution in [1.29, 1.82) is 0 Å². The van der Waals surface area contributed by atoms with Gasteiger partial charge in [-0.1, -0.05) is 35.9 Å². The first-order valence-electron chi connectivity index (χ1n) is 7.89. The number of aryl methyl sites for hydroxylation is 2. The van der Waals surface area contributed by atoms with Crippen molar-refractivity contribution in [3.63, 3.8) is 0 Å². The average Bonchev–Trinajstić information content (AvgIpc) is 2.84. The molecule has 0 atom stereocenters. The van der Waals surface area contributed by atoms with Crippen molar-refractivity contribution < 1.29 is 8.42 Å². The van der Waals surface area contributed by atoms with E-state index in [1.165, 1.54) is 6.21 Å². The second-order valence-corrected chi connectivity index (χ2v) is 7.42. The van der Waals surface area contributed by atoms with Crippen LogP contribution in [0.4, 0.5) is 0 Å².